The average molecular weight is 300 g/mol. The van der Waals surface area contributed by atoms with Crippen molar-refractivity contribution in [1.29, 1.82) is 0 Å². The molecule has 0 fully saturated rings. The van der Waals surface area contributed by atoms with Gasteiger partial charge in [-0.25, -0.2) is 4.39 Å². The van der Waals surface area contributed by atoms with Crippen molar-refractivity contribution in [2.45, 2.75) is 19.9 Å². The maximum absolute atomic E-state index is 12.9. The molecule has 4 heteroatoms. The molecule has 3 nitrogen and oxygen atoms in total. The van der Waals surface area contributed by atoms with E-state index in [9.17, 15) is 9.18 Å². The molecule has 0 aliphatic heterocycles. The summed E-state index contributed by atoms with van der Waals surface area (Å²) in [5.41, 5.74) is 2.99. The van der Waals surface area contributed by atoms with Gasteiger partial charge in [-0.1, -0.05) is 31.2 Å². The van der Waals surface area contributed by atoms with Crippen molar-refractivity contribution >= 4 is 11.6 Å². The summed E-state index contributed by atoms with van der Waals surface area (Å²) in [5, 5.41) is 2.90. The number of anilines is 1. The zero-order valence-electron chi connectivity index (χ0n) is 13.0. The van der Waals surface area contributed by atoms with E-state index in [2.05, 4.69) is 12.2 Å². The Hall–Kier alpha value is -2.20. The molecule has 0 aliphatic rings. The number of hydrogen-bond donors (Lipinski definition) is 1. The van der Waals surface area contributed by atoms with Crippen LogP contribution in [0.4, 0.5) is 10.1 Å². The molecule has 0 aromatic heterocycles. The van der Waals surface area contributed by atoms with E-state index in [0.29, 0.717) is 6.54 Å². The monoisotopic (exact) mass is 300 g/mol. The Bertz CT molecular complexity index is 625. The molecule has 1 amide bonds. The molecule has 0 heterocycles. The molecule has 0 aliphatic carbocycles. The average Bonchev–Trinajstić information content (AvgIpc) is 2.49. The van der Waals surface area contributed by atoms with Gasteiger partial charge in [0.2, 0.25) is 5.91 Å². The Morgan fingerprint density at radius 2 is 1.86 bits per heavy atom. The fourth-order valence-corrected chi connectivity index (χ4v) is 2.27. The predicted octanol–water partition coefficient (Wildman–Crippen LogP) is 3.46. The summed E-state index contributed by atoms with van der Waals surface area (Å²) in [6, 6.07) is 14.2. The van der Waals surface area contributed by atoms with Gasteiger partial charge in [0.05, 0.1) is 6.54 Å². The van der Waals surface area contributed by atoms with Gasteiger partial charge < -0.3 is 5.32 Å². The van der Waals surface area contributed by atoms with Crippen molar-refractivity contribution in [1.82, 2.24) is 4.90 Å². The van der Waals surface area contributed by atoms with Crippen LogP contribution in [0.1, 0.15) is 18.1 Å². The highest BCUT2D eigenvalue weighted by atomic mass is 19.1. The van der Waals surface area contributed by atoms with Gasteiger partial charge in [0.25, 0.3) is 0 Å². The van der Waals surface area contributed by atoms with E-state index in [1.54, 1.807) is 12.1 Å². The number of amides is 1. The number of carbonyl (C=O) groups is 1. The van der Waals surface area contributed by atoms with Crippen LogP contribution in [0.2, 0.25) is 0 Å². The number of carbonyl (C=O) groups excluding carboxylic acids is 1. The molecule has 2 rings (SSSR count). The number of benzene rings is 2. The molecule has 22 heavy (non-hydrogen) atoms. The fraction of sp³-hybridized carbons (Fsp3) is 0.278. The maximum atomic E-state index is 12.9. The summed E-state index contributed by atoms with van der Waals surface area (Å²) < 4.78 is 12.9. The predicted molar refractivity (Wildman–Crippen MR) is 87.2 cm³/mol. The van der Waals surface area contributed by atoms with Crippen LogP contribution in [-0.4, -0.2) is 24.4 Å². The first-order chi connectivity index (χ1) is 10.6. The summed E-state index contributed by atoms with van der Waals surface area (Å²) in [5.74, 6) is -0.308. The first kappa shape index (κ1) is 16.2. The zero-order valence-corrected chi connectivity index (χ0v) is 13.0. The first-order valence-electron chi connectivity index (χ1n) is 7.38. The minimum Gasteiger partial charge on any atom is -0.325 e. The fourth-order valence-electron chi connectivity index (χ4n) is 2.27. The molecule has 0 spiro atoms. The van der Waals surface area contributed by atoms with Crippen molar-refractivity contribution in [3.63, 3.8) is 0 Å². The lowest BCUT2D eigenvalue weighted by atomic mass is 10.1. The molecule has 0 bridgehead atoms. The van der Waals surface area contributed by atoms with E-state index in [4.69, 9.17) is 0 Å². The van der Waals surface area contributed by atoms with Crippen molar-refractivity contribution in [2.24, 2.45) is 0 Å². The van der Waals surface area contributed by atoms with Crippen molar-refractivity contribution in [2.75, 3.05) is 18.9 Å². The largest absolute Gasteiger partial charge is 0.325 e. The van der Waals surface area contributed by atoms with Crippen LogP contribution in [0.5, 0.6) is 0 Å². The molecular formula is C18H21FN2O. The minimum atomic E-state index is -0.250. The first-order valence-corrected chi connectivity index (χ1v) is 7.38. The molecule has 2 aromatic rings. The molecule has 0 saturated heterocycles. The van der Waals surface area contributed by atoms with Crippen molar-refractivity contribution in [3.8, 4) is 0 Å². The van der Waals surface area contributed by atoms with Gasteiger partial charge >= 0.3 is 0 Å². The number of nitrogens with zero attached hydrogens (tertiary/aromatic N) is 1. The number of rotatable bonds is 6. The van der Waals surface area contributed by atoms with Crippen molar-refractivity contribution < 1.29 is 9.18 Å². The van der Waals surface area contributed by atoms with Gasteiger partial charge in [-0.05, 0) is 48.9 Å². The van der Waals surface area contributed by atoms with Crippen LogP contribution >= 0.6 is 0 Å². The second kappa shape index (κ2) is 7.71. The lowest BCUT2D eigenvalue weighted by Gasteiger charge is -2.16. The Morgan fingerprint density at radius 1 is 1.14 bits per heavy atom. The standard InChI is InChI=1S/C18H21FN2O/c1-3-14-5-4-6-17(11-14)20-18(22)13-21(2)12-15-7-9-16(19)10-8-15/h4-11H,3,12-13H2,1-2H3,(H,20,22). The summed E-state index contributed by atoms with van der Waals surface area (Å²) in [7, 11) is 1.87. The van der Waals surface area contributed by atoms with Crippen molar-refractivity contribution in [3.05, 3.63) is 65.5 Å². The molecular weight excluding hydrogens is 279 g/mol. The normalized spacial score (nSPS) is 10.7. The third kappa shape index (κ3) is 4.97. The highest BCUT2D eigenvalue weighted by Gasteiger charge is 2.08. The molecule has 116 valence electrons. The third-order valence-electron chi connectivity index (χ3n) is 3.40. The summed E-state index contributed by atoms with van der Waals surface area (Å²) in [6.45, 7) is 2.97. The molecule has 0 radical (unpaired) electrons. The van der Waals surface area contributed by atoms with Crippen LogP contribution in [0.15, 0.2) is 48.5 Å². The van der Waals surface area contributed by atoms with Gasteiger partial charge in [-0.3, -0.25) is 9.69 Å². The summed E-state index contributed by atoms with van der Waals surface area (Å²) >= 11 is 0. The number of hydrogen-bond acceptors (Lipinski definition) is 2. The maximum Gasteiger partial charge on any atom is 0.238 e. The Labute approximate surface area is 130 Å². The molecule has 0 unspecified atom stereocenters. The van der Waals surface area contributed by atoms with Crippen LogP contribution in [0.25, 0.3) is 0 Å². The van der Waals surface area contributed by atoms with Gasteiger partial charge in [0, 0.05) is 12.2 Å². The van der Waals surface area contributed by atoms with Crippen LogP contribution in [0, 0.1) is 5.82 Å². The van der Waals surface area contributed by atoms with Crippen LogP contribution in [-0.2, 0) is 17.8 Å². The Morgan fingerprint density at radius 3 is 2.55 bits per heavy atom. The minimum absolute atomic E-state index is 0.0575. The molecule has 1 N–H and O–H groups in total. The topological polar surface area (TPSA) is 32.3 Å². The SMILES string of the molecule is CCc1cccc(NC(=O)CN(C)Cc2ccc(F)cc2)c1. The number of aryl methyl sites for hydroxylation is 1. The quantitative estimate of drug-likeness (QED) is 0.886. The molecule has 0 saturated carbocycles. The lowest BCUT2D eigenvalue weighted by molar-refractivity contribution is -0.117. The van der Waals surface area contributed by atoms with Crippen LogP contribution < -0.4 is 5.32 Å². The summed E-state index contributed by atoms with van der Waals surface area (Å²) in [4.78, 5) is 13.9. The Balaban J connectivity index is 1.86. The smallest absolute Gasteiger partial charge is 0.238 e. The Kier molecular flexibility index (Phi) is 5.67. The number of nitrogens with one attached hydrogen (secondary N) is 1. The molecule has 0 atom stereocenters. The van der Waals surface area contributed by atoms with Crippen LogP contribution in [0.3, 0.4) is 0 Å². The highest BCUT2D eigenvalue weighted by Crippen LogP contribution is 2.11. The van der Waals surface area contributed by atoms with E-state index in [1.165, 1.54) is 17.7 Å². The van der Waals surface area contributed by atoms with E-state index in [0.717, 1.165) is 17.7 Å². The highest BCUT2D eigenvalue weighted by molar-refractivity contribution is 5.92. The second-order valence-electron chi connectivity index (χ2n) is 5.40. The summed E-state index contributed by atoms with van der Waals surface area (Å²) in [6.07, 6.45) is 0.939. The van der Waals surface area contributed by atoms with E-state index < -0.39 is 0 Å². The number of likely N-dealkylation sites (N-methyl/N-ethyl adjacent to an activating group) is 1. The van der Waals surface area contributed by atoms with E-state index >= 15 is 0 Å². The van der Waals surface area contributed by atoms with Gasteiger partial charge in [0.1, 0.15) is 5.82 Å². The third-order valence-corrected chi connectivity index (χ3v) is 3.40. The molecule has 2 aromatic carbocycles. The van der Waals surface area contributed by atoms with E-state index in [-0.39, 0.29) is 18.3 Å². The zero-order chi connectivity index (χ0) is 15.9. The number of halogens is 1. The van der Waals surface area contributed by atoms with Gasteiger partial charge in [-0.15, -0.1) is 0 Å². The second-order valence-corrected chi connectivity index (χ2v) is 5.40. The van der Waals surface area contributed by atoms with Gasteiger partial charge in [0.15, 0.2) is 0 Å². The van der Waals surface area contributed by atoms with Gasteiger partial charge in [-0.2, -0.15) is 0 Å². The lowest BCUT2D eigenvalue weighted by Crippen LogP contribution is -2.29. The van der Waals surface area contributed by atoms with E-state index in [1.807, 2.05) is 36.2 Å².